The van der Waals surface area contributed by atoms with E-state index in [1.165, 1.54) is 56.9 Å². The first kappa shape index (κ1) is 15.7. The average Bonchev–Trinajstić information content (AvgIpc) is 3.24. The van der Waals surface area contributed by atoms with Gasteiger partial charge in [0.25, 0.3) is 0 Å². The number of likely N-dealkylation sites (tertiary alicyclic amines) is 1. The molecule has 2 aromatic heterocycles. The molecule has 1 aliphatic heterocycles. The zero-order valence-corrected chi connectivity index (χ0v) is 14.2. The Kier molecular flexibility index (Phi) is 4.83. The summed E-state index contributed by atoms with van der Waals surface area (Å²) >= 11 is 0. The second-order valence-corrected chi connectivity index (χ2v) is 7.05. The van der Waals surface area contributed by atoms with Gasteiger partial charge in [0, 0.05) is 12.4 Å². The summed E-state index contributed by atoms with van der Waals surface area (Å²) in [5.41, 5.74) is 1.25. The number of hydrogen-bond acceptors (Lipinski definition) is 5. The van der Waals surface area contributed by atoms with Gasteiger partial charge in [0.05, 0.1) is 12.1 Å². The van der Waals surface area contributed by atoms with Gasteiger partial charge in [0.15, 0.2) is 5.82 Å². The molecule has 2 fully saturated rings. The van der Waals surface area contributed by atoms with E-state index in [2.05, 4.69) is 42.2 Å². The minimum Gasteiger partial charge on any atom is -0.290 e. The summed E-state index contributed by atoms with van der Waals surface area (Å²) in [6.07, 6.45) is 13.9. The molecule has 1 atom stereocenters. The maximum Gasteiger partial charge on any atom is 0.173 e. The van der Waals surface area contributed by atoms with Crippen molar-refractivity contribution in [3.63, 3.8) is 0 Å². The highest BCUT2D eigenvalue weighted by atomic mass is 15.6. The van der Waals surface area contributed by atoms with Gasteiger partial charge < -0.3 is 0 Å². The third kappa shape index (κ3) is 3.20. The van der Waals surface area contributed by atoms with E-state index in [1.807, 2.05) is 12.4 Å². The zero-order chi connectivity index (χ0) is 16.2. The molecule has 2 aliphatic rings. The van der Waals surface area contributed by atoms with E-state index in [4.69, 9.17) is 0 Å². The van der Waals surface area contributed by atoms with E-state index in [0.717, 1.165) is 18.9 Å². The standard InChI is InChI=1S/C18H26N6/c1-2-6-14-23(13-5-1)17(15-9-11-19-12-10-15)18-20-21-22-24(18)16-7-3-4-8-16/h9-12,16-17H,1-8,13-14H2. The lowest BCUT2D eigenvalue weighted by Gasteiger charge is -2.30. The molecule has 1 unspecified atom stereocenters. The van der Waals surface area contributed by atoms with Crippen LogP contribution in [0.25, 0.3) is 0 Å². The minimum absolute atomic E-state index is 0.140. The summed E-state index contributed by atoms with van der Waals surface area (Å²) in [5.74, 6) is 1.01. The van der Waals surface area contributed by atoms with Crippen LogP contribution in [0.1, 0.15) is 74.8 Å². The van der Waals surface area contributed by atoms with Crippen LogP contribution in [0.4, 0.5) is 0 Å². The zero-order valence-electron chi connectivity index (χ0n) is 14.2. The van der Waals surface area contributed by atoms with E-state index < -0.39 is 0 Å². The fourth-order valence-electron chi connectivity index (χ4n) is 4.21. The van der Waals surface area contributed by atoms with Gasteiger partial charge in [-0.05, 0) is 66.9 Å². The number of aromatic nitrogens is 5. The number of rotatable bonds is 4. The Hall–Kier alpha value is -1.82. The van der Waals surface area contributed by atoms with Crippen molar-refractivity contribution < 1.29 is 0 Å². The van der Waals surface area contributed by atoms with E-state index >= 15 is 0 Å². The van der Waals surface area contributed by atoms with Crippen LogP contribution in [0.15, 0.2) is 24.5 Å². The monoisotopic (exact) mass is 326 g/mol. The molecule has 0 bridgehead atoms. The number of pyridine rings is 1. The molecule has 0 spiro atoms. The van der Waals surface area contributed by atoms with Crippen LogP contribution in [0.5, 0.6) is 0 Å². The molecule has 0 aromatic carbocycles. The largest absolute Gasteiger partial charge is 0.290 e. The Labute approximate surface area is 143 Å². The summed E-state index contributed by atoms with van der Waals surface area (Å²) in [5, 5.41) is 12.9. The smallest absolute Gasteiger partial charge is 0.173 e. The van der Waals surface area contributed by atoms with Crippen molar-refractivity contribution in [1.82, 2.24) is 30.1 Å². The van der Waals surface area contributed by atoms with Crippen molar-refractivity contribution in [2.45, 2.75) is 63.5 Å². The summed E-state index contributed by atoms with van der Waals surface area (Å²) in [6, 6.07) is 4.83. The van der Waals surface area contributed by atoms with Gasteiger partial charge >= 0.3 is 0 Å². The molecule has 128 valence electrons. The maximum atomic E-state index is 4.48. The van der Waals surface area contributed by atoms with Crippen molar-refractivity contribution in [2.24, 2.45) is 0 Å². The van der Waals surface area contributed by atoms with Crippen LogP contribution in [-0.4, -0.2) is 43.2 Å². The molecule has 0 radical (unpaired) electrons. The van der Waals surface area contributed by atoms with Crippen LogP contribution in [0.3, 0.4) is 0 Å². The van der Waals surface area contributed by atoms with Crippen LogP contribution in [-0.2, 0) is 0 Å². The van der Waals surface area contributed by atoms with Crippen LogP contribution >= 0.6 is 0 Å². The van der Waals surface area contributed by atoms with Crippen molar-refractivity contribution >= 4 is 0 Å². The fraction of sp³-hybridized carbons (Fsp3) is 0.667. The molecule has 6 heteroatoms. The third-order valence-electron chi connectivity index (χ3n) is 5.46. The predicted octanol–water partition coefficient (Wildman–Crippen LogP) is 3.15. The third-order valence-corrected chi connectivity index (χ3v) is 5.46. The second-order valence-electron chi connectivity index (χ2n) is 7.05. The molecule has 3 heterocycles. The fourth-order valence-corrected chi connectivity index (χ4v) is 4.21. The Morgan fingerprint density at radius 1 is 0.917 bits per heavy atom. The lowest BCUT2D eigenvalue weighted by Crippen LogP contribution is -2.33. The molecule has 2 aromatic rings. The number of nitrogens with zero attached hydrogens (tertiary/aromatic N) is 6. The van der Waals surface area contributed by atoms with Crippen molar-refractivity contribution in [3.8, 4) is 0 Å². The Bertz CT molecular complexity index is 626. The first-order valence-corrected chi connectivity index (χ1v) is 9.35. The van der Waals surface area contributed by atoms with Gasteiger partial charge in [-0.2, -0.15) is 0 Å². The predicted molar refractivity (Wildman–Crippen MR) is 91.4 cm³/mol. The Morgan fingerprint density at radius 2 is 1.62 bits per heavy atom. The first-order valence-electron chi connectivity index (χ1n) is 9.35. The topological polar surface area (TPSA) is 59.7 Å². The number of tetrazole rings is 1. The molecule has 24 heavy (non-hydrogen) atoms. The van der Waals surface area contributed by atoms with Crippen molar-refractivity contribution in [1.29, 1.82) is 0 Å². The molecule has 0 amide bonds. The van der Waals surface area contributed by atoms with Crippen LogP contribution in [0, 0.1) is 0 Å². The van der Waals surface area contributed by atoms with Gasteiger partial charge in [0.2, 0.25) is 0 Å². The molecular weight excluding hydrogens is 300 g/mol. The Morgan fingerprint density at radius 3 is 2.33 bits per heavy atom. The van der Waals surface area contributed by atoms with Crippen LogP contribution in [0.2, 0.25) is 0 Å². The van der Waals surface area contributed by atoms with Gasteiger partial charge in [-0.3, -0.25) is 9.88 Å². The van der Waals surface area contributed by atoms with E-state index in [-0.39, 0.29) is 6.04 Å². The minimum atomic E-state index is 0.140. The molecule has 1 saturated heterocycles. The molecule has 4 rings (SSSR count). The van der Waals surface area contributed by atoms with E-state index in [1.54, 1.807) is 0 Å². The molecule has 0 N–H and O–H groups in total. The van der Waals surface area contributed by atoms with Crippen molar-refractivity contribution in [2.75, 3.05) is 13.1 Å². The highest BCUT2D eigenvalue weighted by molar-refractivity contribution is 5.22. The highest BCUT2D eigenvalue weighted by Gasteiger charge is 2.31. The normalized spacial score (nSPS) is 21.7. The maximum absolute atomic E-state index is 4.48. The SMILES string of the molecule is c1cc(C(c2nnnn2C2CCCC2)N2CCCCCC2)ccn1. The molecule has 6 nitrogen and oxygen atoms in total. The van der Waals surface area contributed by atoms with E-state index in [0.29, 0.717) is 6.04 Å². The van der Waals surface area contributed by atoms with E-state index in [9.17, 15) is 0 Å². The summed E-state index contributed by atoms with van der Waals surface area (Å²) in [4.78, 5) is 6.76. The van der Waals surface area contributed by atoms with Crippen molar-refractivity contribution in [3.05, 3.63) is 35.9 Å². The lowest BCUT2D eigenvalue weighted by atomic mass is 10.0. The average molecular weight is 326 g/mol. The first-order chi connectivity index (χ1) is 11.9. The summed E-state index contributed by atoms with van der Waals surface area (Å²) in [6.45, 7) is 2.23. The molecule has 1 aliphatic carbocycles. The van der Waals surface area contributed by atoms with Crippen LogP contribution < -0.4 is 0 Å². The summed E-state index contributed by atoms with van der Waals surface area (Å²) < 4.78 is 2.11. The quantitative estimate of drug-likeness (QED) is 0.864. The molecular formula is C18H26N6. The second kappa shape index (κ2) is 7.38. The highest BCUT2D eigenvalue weighted by Crippen LogP contribution is 2.34. The number of hydrogen-bond donors (Lipinski definition) is 0. The summed E-state index contributed by atoms with van der Waals surface area (Å²) in [7, 11) is 0. The molecule has 1 saturated carbocycles. The van der Waals surface area contributed by atoms with Gasteiger partial charge in [-0.15, -0.1) is 5.10 Å². The van der Waals surface area contributed by atoms with Gasteiger partial charge in [0.1, 0.15) is 0 Å². The van der Waals surface area contributed by atoms with Gasteiger partial charge in [-0.25, -0.2) is 4.68 Å². The lowest BCUT2D eigenvalue weighted by molar-refractivity contribution is 0.217. The Balaban J connectivity index is 1.71. The van der Waals surface area contributed by atoms with Gasteiger partial charge in [-0.1, -0.05) is 25.7 Å².